The van der Waals surface area contributed by atoms with Gasteiger partial charge >= 0.3 is 0 Å². The molecule has 0 aromatic carbocycles. The summed E-state index contributed by atoms with van der Waals surface area (Å²) in [5, 5.41) is 0. The fourth-order valence-electron chi connectivity index (χ4n) is 4.27. The normalized spacial score (nSPS) is 28.3. The van der Waals surface area contributed by atoms with Gasteiger partial charge in [0.2, 0.25) is 0 Å². The highest BCUT2D eigenvalue weighted by molar-refractivity contribution is 8.01. The summed E-state index contributed by atoms with van der Waals surface area (Å²) >= 11 is 2.15. The van der Waals surface area contributed by atoms with Gasteiger partial charge in [-0.3, -0.25) is 4.98 Å². The van der Waals surface area contributed by atoms with E-state index in [-0.39, 0.29) is 0 Å². The molecule has 1 saturated carbocycles. The molecule has 1 aromatic heterocycles. The lowest BCUT2D eigenvalue weighted by Gasteiger charge is -2.48. The van der Waals surface area contributed by atoms with Crippen molar-refractivity contribution in [1.82, 2.24) is 9.88 Å². The predicted molar refractivity (Wildman–Crippen MR) is 91.0 cm³/mol. The first kappa shape index (κ1) is 15.0. The van der Waals surface area contributed by atoms with Gasteiger partial charge in [-0.15, -0.1) is 11.8 Å². The van der Waals surface area contributed by atoms with Crippen LogP contribution in [0, 0.1) is 5.92 Å². The van der Waals surface area contributed by atoms with Crippen LogP contribution in [0.4, 0.5) is 0 Å². The summed E-state index contributed by atoms with van der Waals surface area (Å²) in [6.45, 7) is 4.59. The van der Waals surface area contributed by atoms with Crippen molar-refractivity contribution in [3.05, 3.63) is 30.1 Å². The van der Waals surface area contributed by atoms with Crippen molar-refractivity contribution < 1.29 is 4.74 Å². The van der Waals surface area contributed by atoms with Gasteiger partial charge in [-0.2, -0.15) is 0 Å². The third-order valence-electron chi connectivity index (χ3n) is 5.38. The Morgan fingerprint density at radius 1 is 1.27 bits per heavy atom. The minimum atomic E-state index is 0.417. The minimum absolute atomic E-state index is 0.417. The molecule has 3 aliphatic rings. The lowest BCUT2D eigenvalue weighted by Crippen LogP contribution is -2.59. The zero-order valence-electron chi connectivity index (χ0n) is 13.2. The highest BCUT2D eigenvalue weighted by atomic mass is 32.2. The summed E-state index contributed by atoms with van der Waals surface area (Å²) < 4.78 is 6.59. The van der Waals surface area contributed by atoms with E-state index in [1.54, 1.807) is 0 Å². The number of rotatable bonds is 5. The van der Waals surface area contributed by atoms with Gasteiger partial charge in [-0.1, -0.05) is 18.9 Å². The molecule has 22 heavy (non-hydrogen) atoms. The number of ether oxygens (including phenoxy) is 1. The molecule has 2 saturated heterocycles. The van der Waals surface area contributed by atoms with Gasteiger partial charge in [0.15, 0.2) is 0 Å². The molecule has 4 heteroatoms. The first-order chi connectivity index (χ1) is 10.8. The fraction of sp³-hybridized carbons (Fsp3) is 0.722. The number of nitrogens with zero attached hydrogens (tertiary/aromatic N) is 2. The second-order valence-corrected chi connectivity index (χ2v) is 8.76. The molecule has 1 spiro atoms. The van der Waals surface area contributed by atoms with E-state index in [0.717, 1.165) is 17.4 Å². The Balaban J connectivity index is 1.20. The van der Waals surface area contributed by atoms with E-state index in [9.17, 15) is 0 Å². The quantitative estimate of drug-likeness (QED) is 0.831. The average molecular weight is 318 g/mol. The summed E-state index contributed by atoms with van der Waals surface area (Å²) in [7, 11) is 0. The molecular weight excluding hydrogens is 292 g/mol. The Bertz CT molecular complexity index is 483. The second kappa shape index (κ2) is 6.50. The minimum Gasteiger partial charge on any atom is -0.371 e. The van der Waals surface area contributed by atoms with Crippen molar-refractivity contribution in [3.63, 3.8) is 0 Å². The standard InChI is InChI=1S/C18H26N2OS/c1-2-6-15(5-1)10-20-13-18(14-20)9-17(12-22-18)21-11-16-7-3-4-8-19-16/h3-4,7-8,15,17H,1-2,5-6,9-14H2. The highest BCUT2D eigenvalue weighted by Gasteiger charge is 2.49. The van der Waals surface area contributed by atoms with E-state index >= 15 is 0 Å². The Hall–Kier alpha value is -0.580. The molecule has 3 nitrogen and oxygen atoms in total. The molecule has 1 atom stereocenters. The zero-order valence-corrected chi connectivity index (χ0v) is 14.1. The van der Waals surface area contributed by atoms with Crippen molar-refractivity contribution in [2.45, 2.75) is 49.6 Å². The number of pyridine rings is 1. The maximum atomic E-state index is 6.09. The van der Waals surface area contributed by atoms with E-state index in [0.29, 0.717) is 17.5 Å². The van der Waals surface area contributed by atoms with Crippen molar-refractivity contribution in [2.75, 3.05) is 25.4 Å². The molecule has 1 aliphatic carbocycles. The number of thioether (sulfide) groups is 1. The largest absolute Gasteiger partial charge is 0.371 e. The maximum absolute atomic E-state index is 6.09. The molecule has 2 aliphatic heterocycles. The first-order valence-corrected chi connectivity index (χ1v) is 9.68. The molecule has 0 N–H and O–H groups in total. The summed E-state index contributed by atoms with van der Waals surface area (Å²) in [6.07, 6.45) is 9.34. The molecule has 120 valence electrons. The molecule has 0 radical (unpaired) electrons. The van der Waals surface area contributed by atoms with Gasteiger partial charge in [-0.25, -0.2) is 0 Å². The SMILES string of the molecule is c1ccc(COC2CSC3(C2)CN(CC2CCCC2)C3)nc1. The van der Waals surface area contributed by atoms with Gasteiger partial charge in [0.05, 0.1) is 18.4 Å². The van der Waals surface area contributed by atoms with Crippen molar-refractivity contribution >= 4 is 11.8 Å². The maximum Gasteiger partial charge on any atom is 0.0892 e. The Morgan fingerprint density at radius 3 is 2.91 bits per heavy atom. The zero-order chi connectivity index (χ0) is 14.8. The molecule has 1 aromatic rings. The van der Waals surface area contributed by atoms with Crippen LogP contribution in [0.15, 0.2) is 24.4 Å². The van der Waals surface area contributed by atoms with Gasteiger partial charge in [0.25, 0.3) is 0 Å². The van der Waals surface area contributed by atoms with Crippen LogP contribution in [0.3, 0.4) is 0 Å². The van der Waals surface area contributed by atoms with Crippen molar-refractivity contribution in [2.24, 2.45) is 5.92 Å². The molecule has 1 unspecified atom stereocenters. The van der Waals surface area contributed by atoms with Gasteiger partial charge in [0.1, 0.15) is 0 Å². The number of aromatic nitrogens is 1. The van der Waals surface area contributed by atoms with Crippen LogP contribution >= 0.6 is 11.8 Å². The van der Waals surface area contributed by atoms with Crippen molar-refractivity contribution in [3.8, 4) is 0 Å². The van der Waals surface area contributed by atoms with E-state index in [4.69, 9.17) is 4.74 Å². The van der Waals surface area contributed by atoms with Gasteiger partial charge < -0.3 is 9.64 Å². The van der Waals surface area contributed by atoms with E-state index in [1.165, 1.54) is 51.7 Å². The Kier molecular flexibility index (Phi) is 4.43. The number of hydrogen-bond donors (Lipinski definition) is 0. The summed E-state index contributed by atoms with van der Waals surface area (Å²) in [6, 6.07) is 6.03. The Labute approximate surface area is 137 Å². The first-order valence-electron chi connectivity index (χ1n) is 8.69. The summed E-state index contributed by atoms with van der Waals surface area (Å²) in [4.78, 5) is 7.02. The lowest BCUT2D eigenvalue weighted by atomic mass is 9.91. The lowest BCUT2D eigenvalue weighted by molar-refractivity contribution is 0.0236. The Morgan fingerprint density at radius 2 is 2.14 bits per heavy atom. The van der Waals surface area contributed by atoms with Gasteiger partial charge in [0, 0.05) is 36.3 Å². The van der Waals surface area contributed by atoms with Crippen LogP contribution in [-0.2, 0) is 11.3 Å². The van der Waals surface area contributed by atoms with Crippen LogP contribution in [0.25, 0.3) is 0 Å². The summed E-state index contributed by atoms with van der Waals surface area (Å²) in [5.41, 5.74) is 1.05. The molecule has 3 heterocycles. The monoisotopic (exact) mass is 318 g/mol. The van der Waals surface area contributed by atoms with Crippen molar-refractivity contribution in [1.29, 1.82) is 0 Å². The average Bonchev–Trinajstić information content (AvgIpc) is 3.16. The fourth-order valence-corrected chi connectivity index (χ4v) is 5.88. The molecule has 4 rings (SSSR count). The third-order valence-corrected chi connectivity index (χ3v) is 6.96. The highest BCUT2D eigenvalue weighted by Crippen LogP contribution is 2.46. The van der Waals surface area contributed by atoms with Crippen LogP contribution < -0.4 is 0 Å². The van der Waals surface area contributed by atoms with Gasteiger partial charge in [-0.05, 0) is 37.3 Å². The number of likely N-dealkylation sites (tertiary alicyclic amines) is 1. The van der Waals surface area contributed by atoms with Crippen LogP contribution in [0.5, 0.6) is 0 Å². The van der Waals surface area contributed by atoms with Crippen LogP contribution in [-0.4, -0.2) is 46.1 Å². The molecule has 0 bridgehead atoms. The smallest absolute Gasteiger partial charge is 0.0892 e. The second-order valence-electron chi connectivity index (χ2n) is 7.27. The predicted octanol–water partition coefficient (Wildman–Crippen LogP) is 3.35. The van der Waals surface area contributed by atoms with E-state index in [2.05, 4.69) is 21.6 Å². The molecular formula is C18H26N2OS. The topological polar surface area (TPSA) is 25.4 Å². The van der Waals surface area contributed by atoms with Crippen LogP contribution in [0.1, 0.15) is 37.8 Å². The third kappa shape index (κ3) is 3.34. The van der Waals surface area contributed by atoms with Crippen LogP contribution in [0.2, 0.25) is 0 Å². The summed E-state index contributed by atoms with van der Waals surface area (Å²) in [5.74, 6) is 2.14. The van der Waals surface area contributed by atoms with E-state index in [1.807, 2.05) is 24.4 Å². The number of hydrogen-bond acceptors (Lipinski definition) is 4. The molecule has 0 amide bonds. The van der Waals surface area contributed by atoms with E-state index < -0.39 is 0 Å². The molecule has 3 fully saturated rings.